The van der Waals surface area contributed by atoms with Gasteiger partial charge in [0.15, 0.2) is 0 Å². The van der Waals surface area contributed by atoms with Crippen molar-refractivity contribution in [3.8, 4) is 11.1 Å². The molecule has 1 heterocycles. The maximum Gasteiger partial charge on any atom is 0.330 e. The summed E-state index contributed by atoms with van der Waals surface area (Å²) in [5, 5.41) is 0. The van der Waals surface area contributed by atoms with E-state index in [1.165, 1.54) is 18.7 Å². The highest BCUT2D eigenvalue weighted by molar-refractivity contribution is 6.06. The number of aryl methyl sites for hydroxylation is 1. The Bertz CT molecular complexity index is 1610. The van der Waals surface area contributed by atoms with Gasteiger partial charge in [0.2, 0.25) is 0 Å². The highest BCUT2D eigenvalue weighted by Crippen LogP contribution is 2.26. The Morgan fingerprint density at radius 3 is 2.13 bits per heavy atom. The van der Waals surface area contributed by atoms with Crippen molar-refractivity contribution in [3.05, 3.63) is 125 Å². The summed E-state index contributed by atoms with van der Waals surface area (Å²) in [6.45, 7) is 5.06. The molecule has 7 heteroatoms. The number of benzene rings is 4. The van der Waals surface area contributed by atoms with Crippen LogP contribution in [0, 0.1) is 0 Å². The van der Waals surface area contributed by atoms with Gasteiger partial charge in [-0.2, -0.15) is 0 Å². The maximum atomic E-state index is 14.1. The number of esters is 1. The van der Waals surface area contributed by atoms with Crippen molar-refractivity contribution in [2.45, 2.75) is 19.4 Å². The van der Waals surface area contributed by atoms with Crippen LogP contribution in [0.4, 0.5) is 11.4 Å². The zero-order chi connectivity index (χ0) is 32.3. The Morgan fingerprint density at radius 1 is 0.826 bits per heavy atom. The molecule has 1 amide bonds. The lowest BCUT2D eigenvalue weighted by molar-refractivity contribution is -0.134. The van der Waals surface area contributed by atoms with Crippen molar-refractivity contribution < 1.29 is 19.1 Å². The van der Waals surface area contributed by atoms with Gasteiger partial charge >= 0.3 is 5.97 Å². The number of nitrogens with zero attached hydrogens (tertiary/aromatic N) is 3. The average Bonchev–Trinajstić information content (AvgIpc) is 3.10. The molecule has 0 N–H and O–H groups in total. The van der Waals surface area contributed by atoms with Gasteiger partial charge in [-0.15, -0.1) is 0 Å². The summed E-state index contributed by atoms with van der Waals surface area (Å²) >= 11 is 0. The molecule has 1 fully saturated rings. The predicted molar refractivity (Wildman–Crippen MR) is 186 cm³/mol. The number of anilines is 2. The van der Waals surface area contributed by atoms with Crippen LogP contribution in [0.2, 0.25) is 0 Å². The topological polar surface area (TPSA) is 62.3 Å². The van der Waals surface area contributed by atoms with Crippen molar-refractivity contribution >= 4 is 29.3 Å². The smallest absolute Gasteiger partial charge is 0.330 e. The number of carbonyl (C=O) groups is 2. The second-order valence-corrected chi connectivity index (χ2v) is 11.7. The lowest BCUT2D eigenvalue weighted by Gasteiger charge is -2.26. The van der Waals surface area contributed by atoms with E-state index in [0.29, 0.717) is 12.1 Å². The number of methoxy groups -OCH3 is 1. The molecular formula is C39H43N3O4. The molecule has 238 valence electrons. The van der Waals surface area contributed by atoms with E-state index in [-0.39, 0.29) is 5.91 Å². The summed E-state index contributed by atoms with van der Waals surface area (Å²) in [7, 11) is 5.41. The molecule has 0 aromatic heterocycles. The highest BCUT2D eigenvalue weighted by atomic mass is 16.5. The monoisotopic (exact) mass is 617 g/mol. The fourth-order valence-corrected chi connectivity index (χ4v) is 5.55. The first-order chi connectivity index (χ1) is 22.4. The number of hydrogen-bond donors (Lipinski definition) is 0. The fourth-order valence-electron chi connectivity index (χ4n) is 5.55. The molecule has 1 aliphatic rings. The standard InChI is InChI=1S/C39H43N3O4/c1-40(2)36-20-18-34(19-21-36)33-14-11-32(12-15-33)29-42(37-8-4-6-31(28-37)13-22-38(43)45-3)39(44)35-16-9-30(10-17-35)7-5-23-41-24-26-46-27-25-41/h4,6,8-22,28H,5,7,23-27,29H2,1-3H3/b22-13+. The van der Waals surface area contributed by atoms with E-state index in [1.54, 1.807) is 11.0 Å². The normalized spacial score (nSPS) is 13.5. The number of hydrogen-bond acceptors (Lipinski definition) is 6. The van der Waals surface area contributed by atoms with Crippen LogP contribution >= 0.6 is 0 Å². The van der Waals surface area contributed by atoms with E-state index in [9.17, 15) is 9.59 Å². The molecule has 1 aliphatic heterocycles. The van der Waals surface area contributed by atoms with Gasteiger partial charge in [0, 0.05) is 50.2 Å². The van der Waals surface area contributed by atoms with Gasteiger partial charge in [-0.3, -0.25) is 9.69 Å². The lowest BCUT2D eigenvalue weighted by atomic mass is 10.0. The van der Waals surface area contributed by atoms with E-state index in [2.05, 4.69) is 70.5 Å². The predicted octanol–water partition coefficient (Wildman–Crippen LogP) is 6.72. The van der Waals surface area contributed by atoms with Crippen LogP contribution in [-0.2, 0) is 27.2 Å². The Hall–Kier alpha value is -4.72. The van der Waals surface area contributed by atoms with Gasteiger partial charge < -0.3 is 19.3 Å². The summed E-state index contributed by atoms with van der Waals surface area (Å²) in [5.41, 5.74) is 7.82. The van der Waals surface area contributed by atoms with Crippen molar-refractivity contribution in [1.82, 2.24) is 4.90 Å². The first kappa shape index (κ1) is 32.7. The zero-order valence-electron chi connectivity index (χ0n) is 27.0. The minimum Gasteiger partial charge on any atom is -0.466 e. The SMILES string of the molecule is COC(=O)/C=C/c1cccc(N(Cc2ccc(-c3ccc(N(C)C)cc3)cc2)C(=O)c2ccc(CCCN3CCOCC3)cc2)c1. The van der Waals surface area contributed by atoms with Gasteiger partial charge in [-0.25, -0.2) is 4.79 Å². The fraction of sp³-hybridized carbons (Fsp3) is 0.282. The third-order valence-corrected chi connectivity index (χ3v) is 8.30. The molecule has 7 nitrogen and oxygen atoms in total. The largest absolute Gasteiger partial charge is 0.466 e. The van der Waals surface area contributed by atoms with Crippen LogP contribution in [0.25, 0.3) is 17.2 Å². The number of carbonyl (C=O) groups excluding carboxylic acids is 2. The first-order valence-corrected chi connectivity index (χ1v) is 15.8. The molecule has 5 rings (SSSR count). The number of ether oxygens (including phenoxy) is 2. The molecular weight excluding hydrogens is 574 g/mol. The molecule has 0 bridgehead atoms. The Morgan fingerprint density at radius 2 is 1.48 bits per heavy atom. The molecule has 0 spiro atoms. The van der Waals surface area contributed by atoms with Crippen LogP contribution in [-0.4, -0.2) is 70.8 Å². The van der Waals surface area contributed by atoms with Crippen LogP contribution in [0.15, 0.2) is 103 Å². The van der Waals surface area contributed by atoms with E-state index in [1.807, 2.05) is 50.5 Å². The minimum absolute atomic E-state index is 0.0858. The van der Waals surface area contributed by atoms with Crippen molar-refractivity contribution in [2.24, 2.45) is 0 Å². The molecule has 1 saturated heterocycles. The van der Waals surface area contributed by atoms with E-state index in [0.717, 1.165) is 79.3 Å². The van der Waals surface area contributed by atoms with E-state index < -0.39 is 5.97 Å². The summed E-state index contributed by atoms with van der Waals surface area (Å²) in [5.74, 6) is -0.517. The number of morpholine rings is 1. The lowest BCUT2D eigenvalue weighted by Crippen LogP contribution is -2.36. The van der Waals surface area contributed by atoms with Gasteiger partial charge in [0.1, 0.15) is 0 Å². The first-order valence-electron chi connectivity index (χ1n) is 15.8. The molecule has 0 radical (unpaired) electrons. The Kier molecular flexibility index (Phi) is 11.4. The molecule has 0 saturated carbocycles. The third-order valence-electron chi connectivity index (χ3n) is 8.30. The highest BCUT2D eigenvalue weighted by Gasteiger charge is 2.19. The molecule has 0 aliphatic carbocycles. The second kappa shape index (κ2) is 16.0. The average molecular weight is 618 g/mol. The molecule has 0 atom stereocenters. The Labute approximate surface area is 272 Å². The van der Waals surface area contributed by atoms with Crippen molar-refractivity contribution in [3.63, 3.8) is 0 Å². The number of amides is 1. The molecule has 4 aromatic rings. The van der Waals surface area contributed by atoms with Crippen LogP contribution in [0.3, 0.4) is 0 Å². The van der Waals surface area contributed by atoms with Crippen LogP contribution in [0.1, 0.15) is 33.5 Å². The van der Waals surface area contributed by atoms with Crippen LogP contribution in [0.5, 0.6) is 0 Å². The number of rotatable bonds is 12. The zero-order valence-corrected chi connectivity index (χ0v) is 27.0. The van der Waals surface area contributed by atoms with Gasteiger partial charge in [-0.05, 0) is 89.7 Å². The van der Waals surface area contributed by atoms with Crippen molar-refractivity contribution in [2.75, 3.05) is 63.9 Å². The third kappa shape index (κ3) is 8.93. The molecule has 0 unspecified atom stereocenters. The van der Waals surface area contributed by atoms with Gasteiger partial charge in [0.25, 0.3) is 5.91 Å². The summed E-state index contributed by atoms with van der Waals surface area (Å²) in [4.78, 5) is 32.1. The van der Waals surface area contributed by atoms with Crippen molar-refractivity contribution in [1.29, 1.82) is 0 Å². The van der Waals surface area contributed by atoms with Crippen LogP contribution < -0.4 is 9.80 Å². The summed E-state index contributed by atoms with van der Waals surface area (Å²) in [6.07, 6.45) is 5.11. The molecule has 4 aromatic carbocycles. The summed E-state index contributed by atoms with van der Waals surface area (Å²) < 4.78 is 10.2. The molecule has 46 heavy (non-hydrogen) atoms. The maximum absolute atomic E-state index is 14.1. The minimum atomic E-state index is -0.431. The second-order valence-electron chi connectivity index (χ2n) is 11.7. The van der Waals surface area contributed by atoms with Gasteiger partial charge in [0.05, 0.1) is 26.9 Å². The van der Waals surface area contributed by atoms with Gasteiger partial charge in [-0.1, -0.05) is 60.7 Å². The Balaban J connectivity index is 1.34. The quantitative estimate of drug-likeness (QED) is 0.130. The summed E-state index contributed by atoms with van der Waals surface area (Å²) in [6, 6.07) is 32.5. The van der Waals surface area contributed by atoms with E-state index in [4.69, 9.17) is 9.47 Å². The van der Waals surface area contributed by atoms with E-state index >= 15 is 0 Å².